The first kappa shape index (κ1) is 13.6. The zero-order valence-electron chi connectivity index (χ0n) is 11.1. The van der Waals surface area contributed by atoms with Crippen molar-refractivity contribution in [3.63, 3.8) is 0 Å². The fraction of sp³-hybridized carbons (Fsp3) is 1.00. The summed E-state index contributed by atoms with van der Waals surface area (Å²) < 4.78 is 17.2. The molecule has 17 heavy (non-hydrogen) atoms. The Kier molecular flexibility index (Phi) is 3.51. The van der Waals surface area contributed by atoms with E-state index in [1.165, 1.54) is 0 Å². The Balaban J connectivity index is 2.03. The van der Waals surface area contributed by atoms with Crippen LogP contribution in [-0.4, -0.2) is 46.0 Å². The molecule has 2 fully saturated rings. The molecule has 0 aromatic heterocycles. The van der Waals surface area contributed by atoms with Crippen LogP contribution in [0.3, 0.4) is 0 Å². The quantitative estimate of drug-likeness (QED) is 0.780. The van der Waals surface area contributed by atoms with E-state index in [1.54, 1.807) is 11.8 Å². The van der Waals surface area contributed by atoms with Crippen LogP contribution < -0.4 is 0 Å². The minimum Gasteiger partial charge on any atom is -0.387 e. The monoisotopic (exact) mass is 262 g/mol. The smallest absolute Gasteiger partial charge is 0.164 e. The van der Waals surface area contributed by atoms with Gasteiger partial charge in [-0.2, -0.15) is 0 Å². The van der Waals surface area contributed by atoms with Crippen molar-refractivity contribution < 1.29 is 19.3 Å². The van der Waals surface area contributed by atoms with Gasteiger partial charge in [-0.25, -0.2) is 0 Å². The van der Waals surface area contributed by atoms with Crippen LogP contribution in [0.25, 0.3) is 0 Å². The molecule has 2 rings (SSSR count). The molecule has 0 spiro atoms. The Labute approximate surface area is 107 Å². The molecule has 0 radical (unpaired) electrons. The Hall–Kier alpha value is 0.190. The number of hydrogen-bond acceptors (Lipinski definition) is 5. The van der Waals surface area contributed by atoms with Crippen LogP contribution in [-0.2, 0) is 14.2 Å². The largest absolute Gasteiger partial charge is 0.387 e. The van der Waals surface area contributed by atoms with Gasteiger partial charge in [0.2, 0.25) is 0 Å². The van der Waals surface area contributed by atoms with Gasteiger partial charge in [0.15, 0.2) is 5.79 Å². The van der Waals surface area contributed by atoms with Crippen LogP contribution in [0.15, 0.2) is 0 Å². The fourth-order valence-electron chi connectivity index (χ4n) is 2.18. The number of rotatable bonds is 1. The van der Waals surface area contributed by atoms with Gasteiger partial charge in [-0.15, -0.1) is 11.8 Å². The summed E-state index contributed by atoms with van der Waals surface area (Å²) in [5.74, 6) is -0.624. The lowest BCUT2D eigenvalue weighted by Crippen LogP contribution is -2.51. The lowest BCUT2D eigenvalue weighted by molar-refractivity contribution is -0.153. The van der Waals surface area contributed by atoms with Gasteiger partial charge in [-0.3, -0.25) is 0 Å². The fourth-order valence-corrected chi connectivity index (χ4v) is 3.31. The third-order valence-corrected chi connectivity index (χ3v) is 4.09. The van der Waals surface area contributed by atoms with Crippen molar-refractivity contribution >= 4 is 11.8 Å². The SMILES string of the molecule is CC1(C)OC2C(O)[C@@H](SC(C)(C)C)OC[C@H]2O1. The van der Waals surface area contributed by atoms with E-state index < -0.39 is 11.9 Å². The molecule has 2 saturated heterocycles. The molecule has 4 atom stereocenters. The first-order chi connectivity index (χ1) is 7.68. The number of ether oxygens (including phenoxy) is 3. The van der Waals surface area contributed by atoms with Crippen LogP contribution in [0.5, 0.6) is 0 Å². The predicted octanol–water partition coefficient (Wildman–Crippen LogP) is 1.76. The number of thioether (sulfide) groups is 1. The molecule has 5 heteroatoms. The van der Waals surface area contributed by atoms with Crippen molar-refractivity contribution in [1.82, 2.24) is 0 Å². The van der Waals surface area contributed by atoms with E-state index in [-0.39, 0.29) is 22.4 Å². The van der Waals surface area contributed by atoms with Crippen molar-refractivity contribution in [3.05, 3.63) is 0 Å². The second-order valence-electron chi connectivity index (χ2n) is 6.06. The number of hydrogen-bond donors (Lipinski definition) is 1. The lowest BCUT2D eigenvalue weighted by atomic mass is 10.1. The van der Waals surface area contributed by atoms with Crippen LogP contribution in [0.2, 0.25) is 0 Å². The van der Waals surface area contributed by atoms with E-state index in [4.69, 9.17) is 14.2 Å². The van der Waals surface area contributed by atoms with Crippen molar-refractivity contribution in [2.24, 2.45) is 0 Å². The summed E-state index contributed by atoms with van der Waals surface area (Å²) in [4.78, 5) is 0. The van der Waals surface area contributed by atoms with Crippen molar-refractivity contribution in [2.75, 3.05) is 6.61 Å². The predicted molar refractivity (Wildman–Crippen MR) is 66.9 cm³/mol. The minimum absolute atomic E-state index is 0.0491. The zero-order chi connectivity index (χ0) is 12.8. The maximum atomic E-state index is 10.3. The highest BCUT2D eigenvalue weighted by Gasteiger charge is 2.51. The van der Waals surface area contributed by atoms with Crippen LogP contribution in [0, 0.1) is 0 Å². The van der Waals surface area contributed by atoms with Crippen molar-refractivity contribution in [1.29, 1.82) is 0 Å². The van der Waals surface area contributed by atoms with Crippen molar-refractivity contribution in [2.45, 2.75) is 68.9 Å². The van der Waals surface area contributed by atoms with Crippen LogP contribution in [0.1, 0.15) is 34.6 Å². The first-order valence-corrected chi connectivity index (χ1v) is 6.89. The van der Waals surface area contributed by atoms with E-state index >= 15 is 0 Å². The normalized spacial score (nSPS) is 41.3. The standard InChI is InChI=1S/C12H22O4S/c1-11(2,3)17-10-8(13)9-7(6-14-10)15-12(4,5)16-9/h7-10,13H,6H2,1-5H3/t7-,8?,9?,10-/m1/s1. The average molecular weight is 262 g/mol. The molecule has 0 bridgehead atoms. The van der Waals surface area contributed by atoms with Gasteiger partial charge < -0.3 is 19.3 Å². The highest BCUT2D eigenvalue weighted by molar-refractivity contribution is 8.01. The highest BCUT2D eigenvalue weighted by Crippen LogP contribution is 2.40. The summed E-state index contributed by atoms with van der Waals surface area (Å²) in [5.41, 5.74) is -0.242. The molecule has 0 aromatic carbocycles. The summed E-state index contributed by atoms with van der Waals surface area (Å²) in [7, 11) is 0. The van der Waals surface area contributed by atoms with Gasteiger partial charge in [-0.1, -0.05) is 20.8 Å². The molecular weight excluding hydrogens is 240 g/mol. The van der Waals surface area contributed by atoms with Gasteiger partial charge in [-0.05, 0) is 13.8 Å². The number of aliphatic hydroxyl groups is 1. The average Bonchev–Trinajstić information content (AvgIpc) is 2.44. The van der Waals surface area contributed by atoms with Crippen molar-refractivity contribution in [3.8, 4) is 0 Å². The second kappa shape index (κ2) is 4.38. The van der Waals surface area contributed by atoms with Gasteiger partial charge in [0.25, 0.3) is 0 Å². The number of fused-ring (bicyclic) bond motifs is 1. The maximum Gasteiger partial charge on any atom is 0.164 e. The van der Waals surface area contributed by atoms with E-state index in [2.05, 4.69) is 20.8 Å². The zero-order valence-corrected chi connectivity index (χ0v) is 11.9. The highest BCUT2D eigenvalue weighted by atomic mass is 32.2. The molecule has 2 unspecified atom stereocenters. The summed E-state index contributed by atoms with van der Waals surface area (Å²) in [6.45, 7) is 10.5. The van der Waals surface area contributed by atoms with Gasteiger partial charge in [0, 0.05) is 4.75 Å². The molecule has 0 amide bonds. The molecule has 4 nitrogen and oxygen atoms in total. The Bertz CT molecular complexity index is 287. The van der Waals surface area contributed by atoms with Gasteiger partial charge in [0.05, 0.1) is 6.61 Å². The molecule has 2 aliphatic rings. The second-order valence-corrected chi connectivity index (χ2v) is 7.99. The Morgan fingerprint density at radius 3 is 2.47 bits per heavy atom. The Morgan fingerprint density at radius 1 is 1.24 bits per heavy atom. The molecule has 0 aliphatic carbocycles. The molecular formula is C12H22O4S. The third-order valence-electron chi connectivity index (χ3n) is 2.73. The minimum atomic E-state index is -0.639. The summed E-state index contributed by atoms with van der Waals surface area (Å²) in [6, 6.07) is 0. The molecule has 0 saturated carbocycles. The topological polar surface area (TPSA) is 47.9 Å². The Morgan fingerprint density at radius 2 is 1.88 bits per heavy atom. The lowest BCUT2D eigenvalue weighted by Gasteiger charge is -2.37. The van der Waals surface area contributed by atoms with E-state index in [1.807, 2.05) is 13.8 Å². The van der Waals surface area contributed by atoms with E-state index in [0.29, 0.717) is 6.61 Å². The van der Waals surface area contributed by atoms with Gasteiger partial charge in [0.1, 0.15) is 23.7 Å². The molecule has 2 heterocycles. The summed E-state index contributed by atoms with van der Waals surface area (Å²) in [5, 5.41) is 10.3. The van der Waals surface area contributed by atoms with Crippen LogP contribution >= 0.6 is 11.8 Å². The first-order valence-electron chi connectivity index (χ1n) is 6.01. The third kappa shape index (κ3) is 3.15. The maximum absolute atomic E-state index is 10.3. The summed E-state index contributed by atoms with van der Waals surface area (Å²) in [6.07, 6.45) is -1.07. The number of aliphatic hydroxyl groups excluding tert-OH is 1. The molecule has 2 aliphatic heterocycles. The molecule has 0 aromatic rings. The van der Waals surface area contributed by atoms with Crippen LogP contribution in [0.4, 0.5) is 0 Å². The summed E-state index contributed by atoms with van der Waals surface area (Å²) >= 11 is 1.63. The van der Waals surface area contributed by atoms with E-state index in [0.717, 1.165) is 0 Å². The van der Waals surface area contributed by atoms with E-state index in [9.17, 15) is 5.11 Å². The molecule has 1 N–H and O–H groups in total. The molecule has 100 valence electrons. The van der Waals surface area contributed by atoms with Gasteiger partial charge >= 0.3 is 0 Å².